The van der Waals surface area contributed by atoms with Gasteiger partial charge in [0.05, 0.1) is 13.0 Å². The van der Waals surface area contributed by atoms with Crippen molar-refractivity contribution >= 4 is 5.91 Å². The summed E-state index contributed by atoms with van der Waals surface area (Å²) in [6, 6.07) is 0. The molecule has 4 aliphatic rings. The van der Waals surface area contributed by atoms with Crippen LogP contribution in [0.1, 0.15) is 20.3 Å². The summed E-state index contributed by atoms with van der Waals surface area (Å²) in [7, 11) is 1.63. The molecule has 0 radical (unpaired) electrons. The van der Waals surface area contributed by atoms with Crippen LogP contribution in [0.2, 0.25) is 0 Å². The Hall–Kier alpha value is -0.730. The molecule has 4 heterocycles. The van der Waals surface area contributed by atoms with Gasteiger partial charge in [-0.3, -0.25) is 4.79 Å². The molecule has 20 heavy (non-hydrogen) atoms. The van der Waals surface area contributed by atoms with E-state index in [0.717, 1.165) is 0 Å². The van der Waals surface area contributed by atoms with Crippen molar-refractivity contribution in [1.82, 2.24) is 4.90 Å². The Kier molecular flexibility index (Phi) is 2.69. The lowest BCUT2D eigenvalue weighted by Crippen LogP contribution is -2.48. The second-order valence-corrected chi connectivity index (χ2v) is 6.15. The Morgan fingerprint density at radius 2 is 2.05 bits per heavy atom. The largest absolute Gasteiger partial charge is 0.376 e. The van der Waals surface area contributed by atoms with E-state index in [1.54, 1.807) is 12.0 Å². The molecular weight excluding hydrogens is 266 g/mol. The number of ether oxygens (including phenoxy) is 5. The van der Waals surface area contributed by atoms with Crippen molar-refractivity contribution < 1.29 is 28.5 Å². The highest BCUT2D eigenvalue weighted by atomic mass is 16.8. The molecule has 0 aromatic rings. The van der Waals surface area contributed by atoms with Gasteiger partial charge in [0.25, 0.3) is 0 Å². The first kappa shape index (κ1) is 13.0. The van der Waals surface area contributed by atoms with Crippen LogP contribution in [0.3, 0.4) is 0 Å². The van der Waals surface area contributed by atoms with Gasteiger partial charge >= 0.3 is 0 Å². The minimum absolute atomic E-state index is 0.0904. The van der Waals surface area contributed by atoms with Gasteiger partial charge in [-0.1, -0.05) is 0 Å². The van der Waals surface area contributed by atoms with Gasteiger partial charge in [0.2, 0.25) is 5.91 Å². The molecule has 0 N–H and O–H groups in total. The molecule has 0 unspecified atom stereocenters. The predicted octanol–water partition coefficient (Wildman–Crippen LogP) is -0.165. The normalized spacial score (nSPS) is 49.1. The summed E-state index contributed by atoms with van der Waals surface area (Å²) in [6.07, 6.45) is -1.02. The fraction of sp³-hybridized carbons (Fsp3) is 0.923. The number of fused-ring (bicyclic) bond motifs is 2. The summed E-state index contributed by atoms with van der Waals surface area (Å²) in [5.41, 5.74) is 0. The summed E-state index contributed by atoms with van der Waals surface area (Å²) in [6.45, 7) is 4.26. The van der Waals surface area contributed by atoms with Crippen LogP contribution in [-0.4, -0.2) is 67.2 Å². The highest BCUT2D eigenvalue weighted by molar-refractivity contribution is 5.83. The van der Waals surface area contributed by atoms with Crippen molar-refractivity contribution in [3.05, 3.63) is 0 Å². The van der Waals surface area contributed by atoms with Crippen LogP contribution in [-0.2, 0) is 28.5 Å². The zero-order valence-electron chi connectivity index (χ0n) is 11.8. The first-order valence-corrected chi connectivity index (χ1v) is 6.97. The van der Waals surface area contributed by atoms with E-state index >= 15 is 0 Å². The number of carbonyl (C=O) groups is 1. The van der Waals surface area contributed by atoms with Crippen LogP contribution < -0.4 is 0 Å². The van der Waals surface area contributed by atoms with Crippen molar-refractivity contribution in [2.75, 3.05) is 13.7 Å². The van der Waals surface area contributed by atoms with Crippen LogP contribution in [0.4, 0.5) is 0 Å². The Labute approximate surface area is 117 Å². The van der Waals surface area contributed by atoms with Crippen LogP contribution in [0.25, 0.3) is 0 Å². The standard InChI is InChI=1S/C13H19NO6/c1-13(2)19-11-10(16-3)9(18-12(11)20-13)6-5-14-7(15)4-8(14)17-6/h6,8-12H,4-5H2,1-3H3/t6-,8-,9-,10+,11-,12-/m1/s1. The second-order valence-electron chi connectivity index (χ2n) is 6.15. The fourth-order valence-corrected chi connectivity index (χ4v) is 3.46. The van der Waals surface area contributed by atoms with Gasteiger partial charge in [-0.15, -0.1) is 0 Å². The first-order chi connectivity index (χ1) is 9.48. The van der Waals surface area contributed by atoms with E-state index in [1.807, 2.05) is 13.8 Å². The van der Waals surface area contributed by atoms with Crippen LogP contribution in [0, 0.1) is 0 Å². The molecule has 4 aliphatic heterocycles. The molecule has 112 valence electrons. The van der Waals surface area contributed by atoms with Crippen LogP contribution in [0.15, 0.2) is 0 Å². The molecule has 0 aliphatic carbocycles. The summed E-state index contributed by atoms with van der Waals surface area (Å²) in [4.78, 5) is 13.2. The highest BCUT2D eigenvalue weighted by Gasteiger charge is 2.59. The predicted molar refractivity (Wildman–Crippen MR) is 64.5 cm³/mol. The number of rotatable bonds is 2. The molecule has 0 saturated carbocycles. The van der Waals surface area contributed by atoms with Crippen molar-refractivity contribution in [2.45, 2.75) is 63.0 Å². The molecule has 1 amide bonds. The summed E-state index contributed by atoms with van der Waals surface area (Å²) in [5, 5.41) is 0. The van der Waals surface area contributed by atoms with Gasteiger partial charge in [-0.05, 0) is 13.8 Å². The maximum atomic E-state index is 11.4. The topological polar surface area (TPSA) is 66.5 Å². The lowest BCUT2D eigenvalue weighted by Gasteiger charge is -2.31. The quantitative estimate of drug-likeness (QED) is 0.657. The molecule has 7 nitrogen and oxygen atoms in total. The average molecular weight is 285 g/mol. The van der Waals surface area contributed by atoms with Gasteiger partial charge in [0.15, 0.2) is 12.1 Å². The summed E-state index contributed by atoms with van der Waals surface area (Å²) < 4.78 is 28.9. The van der Waals surface area contributed by atoms with Gasteiger partial charge in [0, 0.05) is 7.11 Å². The minimum Gasteiger partial charge on any atom is -0.376 e. The number of methoxy groups -OCH3 is 1. The number of nitrogens with zero attached hydrogens (tertiary/aromatic N) is 1. The molecular formula is C13H19NO6. The Morgan fingerprint density at radius 1 is 1.25 bits per heavy atom. The van der Waals surface area contributed by atoms with E-state index in [-0.39, 0.29) is 36.6 Å². The van der Waals surface area contributed by atoms with E-state index in [4.69, 9.17) is 23.7 Å². The zero-order chi connectivity index (χ0) is 14.1. The maximum absolute atomic E-state index is 11.4. The smallest absolute Gasteiger partial charge is 0.229 e. The molecule has 4 rings (SSSR count). The van der Waals surface area contributed by atoms with Crippen LogP contribution >= 0.6 is 0 Å². The zero-order valence-corrected chi connectivity index (χ0v) is 11.8. The third-order valence-electron chi connectivity index (χ3n) is 4.39. The lowest BCUT2D eigenvalue weighted by molar-refractivity contribution is -0.229. The molecule has 0 aromatic heterocycles. The van der Waals surface area contributed by atoms with Gasteiger partial charge in [0.1, 0.15) is 30.6 Å². The first-order valence-electron chi connectivity index (χ1n) is 6.97. The van der Waals surface area contributed by atoms with Crippen molar-refractivity contribution in [3.8, 4) is 0 Å². The van der Waals surface area contributed by atoms with E-state index in [2.05, 4.69) is 0 Å². The third-order valence-corrected chi connectivity index (χ3v) is 4.39. The molecule has 7 heteroatoms. The Bertz CT molecular complexity index is 441. The van der Waals surface area contributed by atoms with Gasteiger partial charge in [-0.25, -0.2) is 0 Å². The van der Waals surface area contributed by atoms with E-state index < -0.39 is 12.1 Å². The molecule has 6 atom stereocenters. The molecule has 4 fully saturated rings. The van der Waals surface area contributed by atoms with Gasteiger partial charge < -0.3 is 28.6 Å². The van der Waals surface area contributed by atoms with E-state index in [0.29, 0.717) is 13.0 Å². The fourth-order valence-electron chi connectivity index (χ4n) is 3.46. The number of hydrogen-bond donors (Lipinski definition) is 0. The van der Waals surface area contributed by atoms with E-state index in [1.165, 1.54) is 0 Å². The van der Waals surface area contributed by atoms with Crippen molar-refractivity contribution in [3.63, 3.8) is 0 Å². The number of hydrogen-bond acceptors (Lipinski definition) is 6. The van der Waals surface area contributed by atoms with Gasteiger partial charge in [-0.2, -0.15) is 0 Å². The lowest BCUT2D eigenvalue weighted by atomic mass is 10.1. The number of β-lactam (4-membered cyclic amide) rings is 1. The van der Waals surface area contributed by atoms with Crippen LogP contribution in [0.5, 0.6) is 0 Å². The molecule has 0 aromatic carbocycles. The number of carbonyl (C=O) groups excluding carboxylic acids is 1. The summed E-state index contributed by atoms with van der Waals surface area (Å²) >= 11 is 0. The molecule has 0 spiro atoms. The van der Waals surface area contributed by atoms with Crippen molar-refractivity contribution in [2.24, 2.45) is 0 Å². The maximum Gasteiger partial charge on any atom is 0.229 e. The minimum atomic E-state index is -0.661. The SMILES string of the molecule is CO[C@@H]1[C@H]2OC(C)(C)O[C@H]2O[C@@H]1[C@H]1CN2C(=O)C[C@H]2O1. The van der Waals surface area contributed by atoms with E-state index in [9.17, 15) is 4.79 Å². The Balaban J connectivity index is 1.49. The number of amides is 1. The average Bonchev–Trinajstić information content (AvgIpc) is 2.95. The third kappa shape index (κ3) is 1.74. The Morgan fingerprint density at radius 3 is 2.70 bits per heavy atom. The van der Waals surface area contributed by atoms with Crippen molar-refractivity contribution in [1.29, 1.82) is 0 Å². The monoisotopic (exact) mass is 285 g/mol. The second kappa shape index (κ2) is 4.14. The highest BCUT2D eigenvalue weighted by Crippen LogP contribution is 2.42. The molecule has 0 bridgehead atoms. The summed E-state index contributed by atoms with van der Waals surface area (Å²) in [5.74, 6) is -0.523. The molecule has 4 saturated heterocycles.